The second kappa shape index (κ2) is 4.24. The van der Waals surface area contributed by atoms with E-state index in [0.29, 0.717) is 23.0 Å². The largest absolute Gasteiger partial charge is 0.508 e. The first-order valence-electron chi connectivity index (χ1n) is 8.07. The van der Waals surface area contributed by atoms with Crippen molar-refractivity contribution < 1.29 is 10.2 Å². The van der Waals surface area contributed by atoms with Crippen molar-refractivity contribution in [3.8, 4) is 5.75 Å². The number of rotatable bonds is 0. The lowest BCUT2D eigenvalue weighted by Gasteiger charge is -2.49. The van der Waals surface area contributed by atoms with E-state index in [-0.39, 0.29) is 6.10 Å². The molecule has 2 heteroatoms. The Bertz CT molecular complexity index is 538. The summed E-state index contributed by atoms with van der Waals surface area (Å²) in [5, 5.41) is 19.8. The van der Waals surface area contributed by atoms with Crippen LogP contribution in [-0.2, 0) is 6.42 Å². The van der Waals surface area contributed by atoms with Crippen molar-refractivity contribution in [2.24, 2.45) is 17.3 Å². The van der Waals surface area contributed by atoms with Gasteiger partial charge in [0.1, 0.15) is 5.75 Å². The molecule has 0 saturated heterocycles. The lowest BCUT2D eigenvalue weighted by Crippen LogP contribution is -2.39. The van der Waals surface area contributed by atoms with Gasteiger partial charge in [0.2, 0.25) is 0 Å². The highest BCUT2D eigenvalue weighted by atomic mass is 16.3. The molecule has 2 nitrogen and oxygen atoms in total. The van der Waals surface area contributed by atoms with Gasteiger partial charge in [-0.05, 0) is 85.0 Å². The molecule has 0 heterocycles. The third-order valence-corrected chi connectivity index (χ3v) is 6.46. The van der Waals surface area contributed by atoms with Gasteiger partial charge < -0.3 is 10.2 Å². The Kier molecular flexibility index (Phi) is 2.69. The number of aromatic hydroxyl groups is 1. The van der Waals surface area contributed by atoms with Crippen LogP contribution in [0.1, 0.15) is 56.1 Å². The molecule has 4 rings (SSSR count). The third kappa shape index (κ3) is 1.74. The number of aliphatic hydroxyl groups is 1. The van der Waals surface area contributed by atoms with Gasteiger partial charge in [0.05, 0.1) is 6.10 Å². The number of phenols is 1. The summed E-state index contributed by atoms with van der Waals surface area (Å²) in [5.41, 5.74) is 3.20. The van der Waals surface area contributed by atoms with E-state index in [9.17, 15) is 10.2 Å². The van der Waals surface area contributed by atoms with Crippen LogP contribution in [0.25, 0.3) is 0 Å². The highest BCUT2D eigenvalue weighted by Crippen LogP contribution is 2.60. The van der Waals surface area contributed by atoms with E-state index in [2.05, 4.69) is 13.0 Å². The molecule has 108 valence electrons. The van der Waals surface area contributed by atoms with Gasteiger partial charge in [-0.3, -0.25) is 0 Å². The lowest BCUT2D eigenvalue weighted by molar-refractivity contribution is 0.0596. The minimum Gasteiger partial charge on any atom is -0.508 e. The molecule has 5 atom stereocenters. The molecule has 0 radical (unpaired) electrons. The summed E-state index contributed by atoms with van der Waals surface area (Å²) in [7, 11) is 0. The van der Waals surface area contributed by atoms with Gasteiger partial charge in [-0.25, -0.2) is 0 Å². The Balaban J connectivity index is 1.70. The number of fused-ring (bicyclic) bond motifs is 5. The highest BCUT2D eigenvalue weighted by Gasteiger charge is 2.52. The molecule has 1 aromatic rings. The van der Waals surface area contributed by atoms with Gasteiger partial charge in [0, 0.05) is 0 Å². The number of aryl methyl sites for hydroxylation is 1. The fourth-order valence-electron chi connectivity index (χ4n) is 5.59. The van der Waals surface area contributed by atoms with Crippen molar-refractivity contribution in [3.63, 3.8) is 0 Å². The molecule has 2 fully saturated rings. The van der Waals surface area contributed by atoms with Crippen molar-refractivity contribution in [1.29, 1.82) is 0 Å². The molecule has 3 aliphatic rings. The topological polar surface area (TPSA) is 40.5 Å². The zero-order valence-electron chi connectivity index (χ0n) is 12.2. The molecule has 0 bridgehead atoms. The summed E-state index contributed by atoms with van der Waals surface area (Å²) in [6.45, 7) is 2.40. The first kappa shape index (κ1) is 12.7. The number of hydrogen-bond acceptors (Lipinski definition) is 2. The summed E-state index contributed by atoms with van der Waals surface area (Å²) < 4.78 is 0. The summed E-state index contributed by atoms with van der Waals surface area (Å²) in [5.74, 6) is 2.49. The fraction of sp³-hybridized carbons (Fsp3) is 0.667. The van der Waals surface area contributed by atoms with Crippen LogP contribution in [-0.4, -0.2) is 16.3 Å². The van der Waals surface area contributed by atoms with Crippen molar-refractivity contribution in [1.82, 2.24) is 0 Å². The van der Waals surface area contributed by atoms with Gasteiger partial charge in [-0.1, -0.05) is 13.0 Å². The summed E-state index contributed by atoms with van der Waals surface area (Å²) in [4.78, 5) is 0. The Morgan fingerprint density at radius 2 is 2.10 bits per heavy atom. The molecule has 0 spiro atoms. The highest BCUT2D eigenvalue weighted by molar-refractivity contribution is 5.40. The van der Waals surface area contributed by atoms with Crippen molar-refractivity contribution >= 4 is 0 Å². The van der Waals surface area contributed by atoms with Gasteiger partial charge in [-0.2, -0.15) is 0 Å². The van der Waals surface area contributed by atoms with Crippen LogP contribution in [0.4, 0.5) is 0 Å². The standard InChI is InChI=1S/C18H24O2/c1-18-7-6-15-14-5-3-12(19)8-11(14)2-4-16(15)17(18)9-13(20)10-18/h3,5,8,13,15-17,19-20H,2,4,6-7,9-10H2,1H3/t13?,15-,16-,17+,18-/m1/s1. The zero-order valence-corrected chi connectivity index (χ0v) is 12.2. The van der Waals surface area contributed by atoms with Crippen LogP contribution in [0.3, 0.4) is 0 Å². The molecular weight excluding hydrogens is 248 g/mol. The smallest absolute Gasteiger partial charge is 0.115 e. The Morgan fingerprint density at radius 3 is 2.95 bits per heavy atom. The van der Waals surface area contributed by atoms with Crippen molar-refractivity contribution in [3.05, 3.63) is 29.3 Å². The van der Waals surface area contributed by atoms with Gasteiger partial charge in [0.15, 0.2) is 0 Å². The van der Waals surface area contributed by atoms with Gasteiger partial charge >= 0.3 is 0 Å². The van der Waals surface area contributed by atoms with E-state index in [0.717, 1.165) is 25.2 Å². The Morgan fingerprint density at radius 1 is 1.25 bits per heavy atom. The third-order valence-electron chi connectivity index (χ3n) is 6.46. The van der Waals surface area contributed by atoms with E-state index in [1.807, 2.05) is 12.1 Å². The van der Waals surface area contributed by atoms with Crippen LogP contribution < -0.4 is 0 Å². The second-order valence-corrected chi connectivity index (χ2v) is 7.58. The monoisotopic (exact) mass is 272 g/mol. The number of benzene rings is 1. The van der Waals surface area contributed by atoms with E-state index in [1.165, 1.54) is 30.4 Å². The van der Waals surface area contributed by atoms with Crippen LogP contribution in [0.15, 0.2) is 18.2 Å². The van der Waals surface area contributed by atoms with E-state index in [1.54, 1.807) is 0 Å². The minimum atomic E-state index is -0.0787. The maximum absolute atomic E-state index is 10.1. The first-order valence-corrected chi connectivity index (χ1v) is 8.07. The van der Waals surface area contributed by atoms with E-state index >= 15 is 0 Å². The Labute approximate surface area is 120 Å². The molecule has 2 saturated carbocycles. The predicted molar refractivity (Wildman–Crippen MR) is 78.7 cm³/mol. The normalized spacial score (nSPS) is 42.7. The van der Waals surface area contributed by atoms with Crippen LogP contribution in [0.2, 0.25) is 0 Å². The second-order valence-electron chi connectivity index (χ2n) is 7.58. The molecule has 0 aromatic heterocycles. The van der Waals surface area contributed by atoms with Gasteiger partial charge in [-0.15, -0.1) is 0 Å². The van der Waals surface area contributed by atoms with E-state index < -0.39 is 0 Å². The molecule has 20 heavy (non-hydrogen) atoms. The molecule has 1 unspecified atom stereocenters. The molecule has 3 aliphatic carbocycles. The molecule has 0 aliphatic heterocycles. The fourth-order valence-corrected chi connectivity index (χ4v) is 5.59. The quantitative estimate of drug-likeness (QED) is 0.757. The van der Waals surface area contributed by atoms with E-state index in [4.69, 9.17) is 0 Å². The first-order chi connectivity index (χ1) is 9.57. The summed E-state index contributed by atoms with van der Waals surface area (Å²) in [6, 6.07) is 5.96. The van der Waals surface area contributed by atoms with Crippen LogP contribution in [0.5, 0.6) is 5.75 Å². The minimum absolute atomic E-state index is 0.0787. The molecule has 1 aromatic carbocycles. The van der Waals surface area contributed by atoms with Crippen molar-refractivity contribution in [2.75, 3.05) is 0 Å². The Hall–Kier alpha value is -1.02. The molecule has 0 amide bonds. The maximum atomic E-state index is 10.1. The van der Waals surface area contributed by atoms with Crippen LogP contribution >= 0.6 is 0 Å². The van der Waals surface area contributed by atoms with Crippen LogP contribution in [0, 0.1) is 17.3 Å². The average molecular weight is 272 g/mol. The average Bonchev–Trinajstić information content (AvgIpc) is 2.72. The van der Waals surface area contributed by atoms with Gasteiger partial charge in [0.25, 0.3) is 0 Å². The number of phenolic OH excluding ortho intramolecular Hbond substituents is 1. The van der Waals surface area contributed by atoms with Crippen molar-refractivity contribution in [2.45, 2.75) is 57.5 Å². The number of hydrogen-bond donors (Lipinski definition) is 2. The zero-order chi connectivity index (χ0) is 13.9. The lowest BCUT2D eigenvalue weighted by atomic mass is 9.56. The SMILES string of the molecule is C[C@]12CC[C@@H]3c4ccc(O)cc4CC[C@H]3[C@@H]1CC(O)C2. The molecular formula is C18H24O2. The summed E-state index contributed by atoms with van der Waals surface area (Å²) >= 11 is 0. The predicted octanol–water partition coefficient (Wildman–Crippen LogP) is 3.61. The summed E-state index contributed by atoms with van der Waals surface area (Å²) in [6.07, 6.45) is 6.75. The number of aliphatic hydroxyl groups excluding tert-OH is 1. The maximum Gasteiger partial charge on any atom is 0.115 e. The molecule has 2 N–H and O–H groups in total.